The number of benzene rings is 2. The molecule has 0 unspecified atom stereocenters. The number of carboxylic acids is 1. The van der Waals surface area contributed by atoms with Crippen molar-refractivity contribution in [3.8, 4) is 5.75 Å². The van der Waals surface area contributed by atoms with Crippen molar-refractivity contribution in [2.45, 2.75) is 50.9 Å². The second-order valence-electron chi connectivity index (χ2n) is 10.4. The van der Waals surface area contributed by atoms with Crippen LogP contribution in [-0.4, -0.2) is 53.1 Å². The normalized spacial score (nSPS) is 27.2. The van der Waals surface area contributed by atoms with Crippen LogP contribution < -0.4 is 13.7 Å². The van der Waals surface area contributed by atoms with E-state index in [-0.39, 0.29) is 27.2 Å². The Bertz CT molecular complexity index is 1010. The van der Waals surface area contributed by atoms with Gasteiger partial charge in [-0.1, -0.05) is 0 Å². The summed E-state index contributed by atoms with van der Waals surface area (Å²) in [5.41, 5.74) is 3.12. The Morgan fingerprint density at radius 3 is 2.41 bits per heavy atom. The topological polar surface area (TPSA) is 65.0 Å². The van der Waals surface area contributed by atoms with Crippen LogP contribution in [0, 0.1) is 24.7 Å². The van der Waals surface area contributed by atoms with E-state index in [9.17, 15) is 9.90 Å². The molecule has 2 aromatic rings. The Balaban J connectivity index is 1.47. The van der Waals surface area contributed by atoms with Crippen molar-refractivity contribution >= 4 is 29.8 Å². The number of hydrogen-bond acceptors (Lipinski definition) is 4. The first kappa shape index (κ1) is 23.9. The second-order valence-corrected chi connectivity index (χ2v) is 12.8. The third-order valence-electron chi connectivity index (χ3n) is 7.93. The molecule has 4 fully saturated rings. The van der Waals surface area contributed by atoms with Crippen LogP contribution in [0.3, 0.4) is 0 Å². The Labute approximate surface area is 208 Å². The van der Waals surface area contributed by atoms with E-state index in [1.54, 1.807) is 13.2 Å². The molecule has 4 aliphatic rings. The van der Waals surface area contributed by atoms with Gasteiger partial charge in [-0.25, -0.2) is 0 Å². The molecule has 0 aliphatic heterocycles. The van der Waals surface area contributed by atoms with Crippen LogP contribution in [0.1, 0.15) is 60.0 Å². The predicted molar refractivity (Wildman–Crippen MR) is 133 cm³/mol. The van der Waals surface area contributed by atoms with Gasteiger partial charge >= 0.3 is 209 Å². The van der Waals surface area contributed by atoms with Gasteiger partial charge in [0.15, 0.2) is 0 Å². The Kier molecular flexibility index (Phi) is 7.04. The Morgan fingerprint density at radius 1 is 1.06 bits per heavy atom. The summed E-state index contributed by atoms with van der Waals surface area (Å²) in [5, 5.41) is 9.41. The van der Waals surface area contributed by atoms with Crippen molar-refractivity contribution in [1.82, 2.24) is 0 Å². The van der Waals surface area contributed by atoms with Crippen molar-refractivity contribution in [1.29, 1.82) is 0 Å². The number of ether oxygens (including phenoxy) is 3. The van der Waals surface area contributed by atoms with Gasteiger partial charge in [-0.05, 0) is 0 Å². The van der Waals surface area contributed by atoms with E-state index < -0.39 is 5.97 Å². The molecule has 4 saturated carbocycles. The summed E-state index contributed by atoms with van der Waals surface area (Å²) in [6, 6.07) is 12.0. The standard InChI is InChI=1S/C28H34O5Se/c1-18-8-25(33-17-32-7-6-31-2)24(28-14-19-9-20(15-28)11-21(10-19)16-28)13-26(18)34-23-5-3-4-22(12-23)27(29)30/h3-5,8,12-13,19-21H,6-7,9-11,14-17H2,1-2H3,(H,29,30). The van der Waals surface area contributed by atoms with Gasteiger partial charge < -0.3 is 0 Å². The second kappa shape index (κ2) is 10.0. The molecule has 0 aromatic heterocycles. The molecule has 1 N–H and O–H groups in total. The van der Waals surface area contributed by atoms with Crippen LogP contribution in [0.4, 0.5) is 0 Å². The number of carboxylic acid groups (broad SMARTS) is 1. The minimum absolute atomic E-state index is 0.0279. The molecule has 0 amide bonds. The molecule has 0 saturated heterocycles. The first-order valence-electron chi connectivity index (χ1n) is 12.3. The fourth-order valence-electron chi connectivity index (χ4n) is 6.87. The monoisotopic (exact) mass is 530 g/mol. The zero-order chi connectivity index (χ0) is 23.7. The van der Waals surface area contributed by atoms with Crippen LogP contribution in [0.5, 0.6) is 5.75 Å². The van der Waals surface area contributed by atoms with Gasteiger partial charge in [-0.15, -0.1) is 0 Å². The summed E-state index contributed by atoms with van der Waals surface area (Å²) in [5.74, 6) is 2.63. The first-order valence-corrected chi connectivity index (χ1v) is 14.0. The van der Waals surface area contributed by atoms with Gasteiger partial charge in [0.25, 0.3) is 0 Å². The van der Waals surface area contributed by atoms with Crippen LogP contribution >= 0.6 is 0 Å². The van der Waals surface area contributed by atoms with Crippen LogP contribution in [0.15, 0.2) is 36.4 Å². The maximum atomic E-state index is 11.5. The Hall–Kier alpha value is -1.85. The number of aromatic carboxylic acids is 1. The van der Waals surface area contributed by atoms with Crippen molar-refractivity contribution in [2.24, 2.45) is 17.8 Å². The fourth-order valence-corrected chi connectivity index (χ4v) is 8.93. The summed E-state index contributed by atoms with van der Waals surface area (Å²) < 4.78 is 19.4. The zero-order valence-corrected chi connectivity index (χ0v) is 21.8. The van der Waals surface area contributed by atoms with Crippen molar-refractivity contribution in [3.05, 3.63) is 53.1 Å². The number of carbonyl (C=O) groups is 1. The molecular formula is C28H34O5Se. The molecule has 0 atom stereocenters. The molecule has 4 aliphatic carbocycles. The molecule has 6 heteroatoms. The molecular weight excluding hydrogens is 495 g/mol. The molecule has 0 spiro atoms. The van der Waals surface area contributed by atoms with Gasteiger partial charge in [-0.2, -0.15) is 0 Å². The van der Waals surface area contributed by atoms with E-state index in [2.05, 4.69) is 19.1 Å². The first-order chi connectivity index (χ1) is 16.5. The average molecular weight is 530 g/mol. The number of hydrogen-bond donors (Lipinski definition) is 1. The Morgan fingerprint density at radius 2 is 1.76 bits per heavy atom. The van der Waals surface area contributed by atoms with Crippen molar-refractivity contribution in [3.63, 3.8) is 0 Å². The van der Waals surface area contributed by atoms with E-state index in [1.807, 2.05) is 18.2 Å². The van der Waals surface area contributed by atoms with Gasteiger partial charge in [-0.3, -0.25) is 0 Å². The third-order valence-corrected chi connectivity index (χ3v) is 10.3. The van der Waals surface area contributed by atoms with E-state index in [4.69, 9.17) is 14.2 Å². The molecule has 5 nitrogen and oxygen atoms in total. The molecule has 4 bridgehead atoms. The SMILES string of the molecule is COCCOCOc1cc(C)c([Se]c2cccc(C(=O)O)c2)cc1C12CC3CC(CC(C3)C1)C2. The molecule has 6 rings (SSSR count). The number of methoxy groups -OCH3 is 1. The van der Waals surface area contributed by atoms with E-state index in [0.29, 0.717) is 18.8 Å². The maximum absolute atomic E-state index is 11.5. The fraction of sp³-hybridized carbons (Fsp3) is 0.536. The summed E-state index contributed by atoms with van der Waals surface area (Å²) in [6.45, 7) is 3.44. The molecule has 182 valence electrons. The van der Waals surface area contributed by atoms with Crippen LogP contribution in [-0.2, 0) is 14.9 Å². The average Bonchev–Trinajstić information content (AvgIpc) is 2.79. The van der Waals surface area contributed by atoms with E-state index in [0.717, 1.165) is 28.0 Å². The summed E-state index contributed by atoms with van der Waals surface area (Å²) in [4.78, 5) is 11.5. The van der Waals surface area contributed by atoms with E-state index >= 15 is 0 Å². The number of aryl methyl sites for hydroxylation is 1. The van der Waals surface area contributed by atoms with Crippen molar-refractivity contribution in [2.75, 3.05) is 27.1 Å². The molecule has 0 heterocycles. The quantitative estimate of drug-likeness (QED) is 0.288. The van der Waals surface area contributed by atoms with Gasteiger partial charge in [0.2, 0.25) is 0 Å². The number of rotatable bonds is 10. The minimum atomic E-state index is -0.874. The predicted octanol–water partition coefficient (Wildman–Crippen LogP) is 3.82. The molecule has 34 heavy (non-hydrogen) atoms. The third kappa shape index (κ3) is 4.92. The van der Waals surface area contributed by atoms with Crippen molar-refractivity contribution < 1.29 is 24.1 Å². The van der Waals surface area contributed by atoms with Gasteiger partial charge in [0.1, 0.15) is 0 Å². The molecule has 0 radical (unpaired) electrons. The van der Waals surface area contributed by atoms with Gasteiger partial charge in [0.05, 0.1) is 0 Å². The summed E-state index contributed by atoms with van der Waals surface area (Å²) in [7, 11) is 1.67. The summed E-state index contributed by atoms with van der Waals surface area (Å²) >= 11 is 0.0279. The van der Waals surface area contributed by atoms with E-state index in [1.165, 1.54) is 54.1 Å². The van der Waals surface area contributed by atoms with Gasteiger partial charge in [0, 0.05) is 0 Å². The molecule has 2 aromatic carbocycles. The van der Waals surface area contributed by atoms with Crippen LogP contribution in [0.2, 0.25) is 0 Å². The van der Waals surface area contributed by atoms with Crippen LogP contribution in [0.25, 0.3) is 0 Å². The summed E-state index contributed by atoms with van der Waals surface area (Å²) in [6.07, 6.45) is 8.01. The zero-order valence-electron chi connectivity index (χ0n) is 20.0.